The van der Waals surface area contributed by atoms with E-state index < -0.39 is 11.9 Å². The summed E-state index contributed by atoms with van der Waals surface area (Å²) in [5, 5.41) is 3.77. The number of ether oxygens (including phenoxy) is 2. The maximum atomic E-state index is 13.2. The highest BCUT2D eigenvalue weighted by Crippen LogP contribution is 2.34. The summed E-state index contributed by atoms with van der Waals surface area (Å²) in [6.07, 6.45) is -4.55. The minimum absolute atomic E-state index is 0. The van der Waals surface area contributed by atoms with Gasteiger partial charge in [0.05, 0.1) is 18.5 Å². The van der Waals surface area contributed by atoms with Crippen molar-refractivity contribution in [3.63, 3.8) is 0 Å². The van der Waals surface area contributed by atoms with E-state index in [1.54, 1.807) is 48.5 Å². The normalized spacial score (nSPS) is 12.2. The molecular weight excluding hydrogens is 407 g/mol. The SMILES string of the molecule is COc1ccc(-n2nc(C(F)(F)F)cc2-c2ccc(OCC(C)N)cc2)cc1.Cl. The predicted molar refractivity (Wildman–Crippen MR) is 107 cm³/mol. The van der Waals surface area contributed by atoms with Crippen molar-refractivity contribution in [2.75, 3.05) is 13.7 Å². The minimum Gasteiger partial charge on any atom is -0.497 e. The summed E-state index contributed by atoms with van der Waals surface area (Å²) < 4.78 is 51.6. The van der Waals surface area contributed by atoms with Gasteiger partial charge in [0.1, 0.15) is 18.1 Å². The highest BCUT2D eigenvalue weighted by atomic mass is 35.5. The first-order chi connectivity index (χ1) is 13.3. The van der Waals surface area contributed by atoms with Crippen LogP contribution in [0.2, 0.25) is 0 Å². The number of rotatable bonds is 6. The zero-order valence-electron chi connectivity index (χ0n) is 15.8. The minimum atomic E-state index is -4.55. The molecule has 1 heterocycles. The van der Waals surface area contributed by atoms with Crippen molar-refractivity contribution in [3.8, 4) is 28.4 Å². The monoisotopic (exact) mass is 427 g/mol. The van der Waals surface area contributed by atoms with Crippen LogP contribution in [0.3, 0.4) is 0 Å². The fourth-order valence-corrected chi connectivity index (χ4v) is 2.60. The molecule has 1 atom stereocenters. The van der Waals surface area contributed by atoms with E-state index in [4.69, 9.17) is 15.2 Å². The molecule has 0 aliphatic carbocycles. The first kappa shape index (κ1) is 22.6. The van der Waals surface area contributed by atoms with E-state index in [0.717, 1.165) is 6.07 Å². The van der Waals surface area contributed by atoms with Crippen LogP contribution in [-0.2, 0) is 6.18 Å². The number of hydrogen-bond donors (Lipinski definition) is 1. The van der Waals surface area contributed by atoms with E-state index in [-0.39, 0.29) is 18.4 Å². The van der Waals surface area contributed by atoms with Gasteiger partial charge in [-0.2, -0.15) is 18.3 Å². The van der Waals surface area contributed by atoms with Crippen LogP contribution in [0.15, 0.2) is 54.6 Å². The zero-order valence-corrected chi connectivity index (χ0v) is 16.6. The van der Waals surface area contributed by atoms with Crippen molar-refractivity contribution < 1.29 is 22.6 Å². The van der Waals surface area contributed by atoms with Gasteiger partial charge in [-0.05, 0) is 61.5 Å². The van der Waals surface area contributed by atoms with Crippen molar-refractivity contribution in [2.45, 2.75) is 19.1 Å². The van der Waals surface area contributed by atoms with Gasteiger partial charge in [0.15, 0.2) is 5.69 Å². The zero-order chi connectivity index (χ0) is 20.3. The summed E-state index contributed by atoms with van der Waals surface area (Å²) in [6.45, 7) is 2.17. The van der Waals surface area contributed by atoms with Crippen molar-refractivity contribution in [2.24, 2.45) is 5.73 Å². The summed E-state index contributed by atoms with van der Waals surface area (Å²) in [7, 11) is 1.52. The second kappa shape index (κ2) is 9.19. The Hall–Kier alpha value is -2.71. The van der Waals surface area contributed by atoms with Crippen molar-refractivity contribution >= 4 is 12.4 Å². The Labute approximate surface area is 172 Å². The molecule has 29 heavy (non-hydrogen) atoms. The summed E-state index contributed by atoms with van der Waals surface area (Å²) in [5.41, 5.74) is 6.08. The Bertz CT molecular complexity index is 924. The standard InChI is InChI=1S/C20H20F3N3O2.ClH/c1-13(24)12-28-17-7-3-14(4-8-17)18-11-19(20(21,22)23)25-26(18)15-5-9-16(27-2)10-6-15;/h3-11,13H,12,24H2,1-2H3;1H. The first-order valence-electron chi connectivity index (χ1n) is 8.58. The molecule has 0 saturated heterocycles. The topological polar surface area (TPSA) is 62.3 Å². The van der Waals surface area contributed by atoms with E-state index in [9.17, 15) is 13.2 Å². The highest BCUT2D eigenvalue weighted by Gasteiger charge is 2.35. The van der Waals surface area contributed by atoms with Gasteiger partial charge in [-0.15, -0.1) is 12.4 Å². The second-order valence-electron chi connectivity index (χ2n) is 6.34. The molecule has 3 rings (SSSR count). The third-order valence-electron chi connectivity index (χ3n) is 3.98. The van der Waals surface area contributed by atoms with Crippen LogP contribution in [0.5, 0.6) is 11.5 Å². The molecule has 0 bridgehead atoms. The summed E-state index contributed by atoms with van der Waals surface area (Å²) in [6, 6.07) is 14.3. The molecule has 0 fully saturated rings. The van der Waals surface area contributed by atoms with Crippen LogP contribution in [0.4, 0.5) is 13.2 Å². The van der Waals surface area contributed by atoms with Crippen molar-refractivity contribution in [3.05, 3.63) is 60.3 Å². The smallest absolute Gasteiger partial charge is 0.435 e. The summed E-state index contributed by atoms with van der Waals surface area (Å²) in [4.78, 5) is 0. The molecule has 1 aromatic heterocycles. The molecule has 0 radical (unpaired) electrons. The first-order valence-corrected chi connectivity index (χ1v) is 8.58. The maximum absolute atomic E-state index is 13.2. The van der Waals surface area contributed by atoms with Crippen LogP contribution in [-0.4, -0.2) is 29.5 Å². The van der Waals surface area contributed by atoms with E-state index >= 15 is 0 Å². The Balaban J connectivity index is 0.00000300. The molecule has 2 aromatic carbocycles. The van der Waals surface area contributed by atoms with Crippen molar-refractivity contribution in [1.29, 1.82) is 0 Å². The lowest BCUT2D eigenvalue weighted by Crippen LogP contribution is -2.23. The fourth-order valence-electron chi connectivity index (χ4n) is 2.60. The molecule has 156 valence electrons. The van der Waals surface area contributed by atoms with Crippen LogP contribution in [0.25, 0.3) is 16.9 Å². The summed E-state index contributed by atoms with van der Waals surface area (Å²) in [5.74, 6) is 1.19. The number of alkyl halides is 3. The van der Waals surface area contributed by atoms with Gasteiger partial charge in [-0.25, -0.2) is 4.68 Å². The van der Waals surface area contributed by atoms with E-state index in [1.165, 1.54) is 11.8 Å². The predicted octanol–water partition coefficient (Wildman–Crippen LogP) is 4.71. The van der Waals surface area contributed by atoms with Gasteiger partial charge < -0.3 is 15.2 Å². The van der Waals surface area contributed by atoms with E-state index in [0.29, 0.717) is 35.1 Å². The average molecular weight is 428 g/mol. The van der Waals surface area contributed by atoms with Crippen LogP contribution >= 0.6 is 12.4 Å². The molecular formula is C20H21ClF3N3O2. The number of nitrogens with two attached hydrogens (primary N) is 1. The lowest BCUT2D eigenvalue weighted by molar-refractivity contribution is -0.141. The Morgan fingerprint density at radius 1 is 1.03 bits per heavy atom. The van der Waals surface area contributed by atoms with Gasteiger partial charge in [-0.1, -0.05) is 0 Å². The fraction of sp³-hybridized carbons (Fsp3) is 0.250. The van der Waals surface area contributed by atoms with E-state index in [1.807, 2.05) is 6.92 Å². The second-order valence-corrected chi connectivity index (χ2v) is 6.34. The Kier molecular flexibility index (Phi) is 7.16. The quantitative estimate of drug-likeness (QED) is 0.618. The van der Waals surface area contributed by atoms with Crippen LogP contribution < -0.4 is 15.2 Å². The summed E-state index contributed by atoms with van der Waals surface area (Å²) >= 11 is 0. The number of hydrogen-bond acceptors (Lipinski definition) is 4. The molecule has 0 aliphatic heterocycles. The maximum Gasteiger partial charge on any atom is 0.435 e. The molecule has 1 unspecified atom stereocenters. The number of benzene rings is 2. The molecule has 0 saturated carbocycles. The molecule has 9 heteroatoms. The largest absolute Gasteiger partial charge is 0.497 e. The number of methoxy groups -OCH3 is 1. The third-order valence-corrected chi connectivity index (χ3v) is 3.98. The van der Waals surface area contributed by atoms with Crippen LogP contribution in [0, 0.1) is 0 Å². The highest BCUT2D eigenvalue weighted by molar-refractivity contribution is 5.85. The lowest BCUT2D eigenvalue weighted by Gasteiger charge is -2.11. The molecule has 0 aliphatic rings. The molecule has 5 nitrogen and oxygen atoms in total. The Morgan fingerprint density at radius 2 is 1.62 bits per heavy atom. The van der Waals surface area contributed by atoms with E-state index in [2.05, 4.69) is 5.10 Å². The molecule has 0 amide bonds. The number of nitrogens with zero attached hydrogens (tertiary/aromatic N) is 2. The van der Waals surface area contributed by atoms with Gasteiger partial charge in [0, 0.05) is 11.6 Å². The van der Waals surface area contributed by atoms with Crippen molar-refractivity contribution in [1.82, 2.24) is 9.78 Å². The third kappa shape index (κ3) is 5.42. The van der Waals surface area contributed by atoms with Gasteiger partial charge in [0.2, 0.25) is 0 Å². The molecule has 3 aromatic rings. The van der Waals surface area contributed by atoms with Crippen LogP contribution in [0.1, 0.15) is 12.6 Å². The molecule has 2 N–H and O–H groups in total. The van der Waals surface area contributed by atoms with Gasteiger partial charge >= 0.3 is 6.18 Å². The number of aromatic nitrogens is 2. The average Bonchev–Trinajstić information content (AvgIpc) is 3.13. The molecule has 0 spiro atoms. The lowest BCUT2D eigenvalue weighted by atomic mass is 10.1. The van der Waals surface area contributed by atoms with Gasteiger partial charge in [0.25, 0.3) is 0 Å². The van der Waals surface area contributed by atoms with Gasteiger partial charge in [-0.3, -0.25) is 0 Å². The Morgan fingerprint density at radius 3 is 2.14 bits per heavy atom. The number of halogens is 4.